The third-order valence-corrected chi connectivity index (χ3v) is 3.44. The zero-order chi connectivity index (χ0) is 14.5. The van der Waals surface area contributed by atoms with Gasteiger partial charge in [-0.05, 0) is 37.1 Å². The summed E-state index contributed by atoms with van der Waals surface area (Å²) in [5.41, 5.74) is 2.87. The van der Waals surface area contributed by atoms with Crippen LogP contribution in [0.4, 0.5) is 4.39 Å². The Balaban J connectivity index is 2.04. The van der Waals surface area contributed by atoms with Gasteiger partial charge in [0.2, 0.25) is 0 Å². The first-order chi connectivity index (χ1) is 9.61. The highest BCUT2D eigenvalue weighted by Gasteiger charge is 2.10. The third-order valence-electron chi connectivity index (χ3n) is 3.44. The molecule has 0 saturated heterocycles. The van der Waals surface area contributed by atoms with Crippen LogP contribution >= 0.6 is 0 Å². The Bertz CT molecular complexity index is 583. The molecule has 2 aromatic carbocycles. The fourth-order valence-corrected chi connectivity index (χ4v) is 2.22. The molecule has 106 valence electrons. The molecule has 0 aliphatic heterocycles. The molecule has 2 nitrogen and oxygen atoms in total. The van der Waals surface area contributed by atoms with Gasteiger partial charge in [-0.2, -0.15) is 0 Å². The van der Waals surface area contributed by atoms with E-state index < -0.39 is 0 Å². The molecule has 0 spiro atoms. The van der Waals surface area contributed by atoms with E-state index in [0.29, 0.717) is 12.1 Å². The lowest BCUT2D eigenvalue weighted by Gasteiger charge is -2.17. The first-order valence-electron chi connectivity index (χ1n) is 6.73. The van der Waals surface area contributed by atoms with Crippen molar-refractivity contribution in [2.24, 2.45) is 0 Å². The highest BCUT2D eigenvalue weighted by atomic mass is 19.1. The molecule has 0 aromatic heterocycles. The van der Waals surface area contributed by atoms with Crippen molar-refractivity contribution in [3.63, 3.8) is 0 Å². The molecule has 2 rings (SSSR count). The maximum Gasteiger partial charge on any atom is 0.126 e. The Labute approximate surface area is 119 Å². The topological polar surface area (TPSA) is 21.3 Å². The summed E-state index contributed by atoms with van der Waals surface area (Å²) in [6.07, 6.45) is 0. The molecular weight excluding hydrogens is 253 g/mol. The van der Waals surface area contributed by atoms with E-state index in [2.05, 4.69) is 12.2 Å². The number of hydrogen-bond acceptors (Lipinski definition) is 2. The SMILES string of the molecule is COc1ccccc1[C@H](C)NCc1ccc(F)c(C)c1. The molecule has 0 aliphatic rings. The number of methoxy groups -OCH3 is 1. The molecule has 1 N–H and O–H groups in total. The van der Waals surface area contributed by atoms with Crippen molar-refractivity contribution in [2.45, 2.75) is 26.4 Å². The smallest absolute Gasteiger partial charge is 0.126 e. The number of nitrogens with one attached hydrogen (secondary N) is 1. The van der Waals surface area contributed by atoms with Crippen LogP contribution in [0.3, 0.4) is 0 Å². The lowest BCUT2D eigenvalue weighted by molar-refractivity contribution is 0.401. The molecule has 0 radical (unpaired) electrons. The van der Waals surface area contributed by atoms with Gasteiger partial charge in [0, 0.05) is 18.2 Å². The van der Waals surface area contributed by atoms with Crippen LogP contribution in [-0.4, -0.2) is 7.11 Å². The van der Waals surface area contributed by atoms with Crippen molar-refractivity contribution in [1.82, 2.24) is 5.32 Å². The normalized spacial score (nSPS) is 12.2. The summed E-state index contributed by atoms with van der Waals surface area (Å²) >= 11 is 0. The Kier molecular flexibility index (Phi) is 4.74. The van der Waals surface area contributed by atoms with Gasteiger partial charge in [0.05, 0.1) is 7.11 Å². The molecule has 1 atom stereocenters. The summed E-state index contributed by atoms with van der Waals surface area (Å²) < 4.78 is 18.6. The second-order valence-electron chi connectivity index (χ2n) is 4.93. The van der Waals surface area contributed by atoms with E-state index in [-0.39, 0.29) is 11.9 Å². The predicted molar refractivity (Wildman–Crippen MR) is 79.4 cm³/mol. The summed E-state index contributed by atoms with van der Waals surface area (Å²) in [6.45, 7) is 4.57. The lowest BCUT2D eigenvalue weighted by atomic mass is 10.1. The number of rotatable bonds is 5. The van der Waals surface area contributed by atoms with Crippen molar-refractivity contribution in [2.75, 3.05) is 7.11 Å². The van der Waals surface area contributed by atoms with Crippen LogP contribution < -0.4 is 10.1 Å². The predicted octanol–water partition coefficient (Wildman–Crippen LogP) is 3.99. The average molecular weight is 273 g/mol. The Morgan fingerprint density at radius 1 is 1.20 bits per heavy atom. The van der Waals surface area contributed by atoms with Crippen LogP contribution in [0.5, 0.6) is 5.75 Å². The Morgan fingerprint density at radius 3 is 2.65 bits per heavy atom. The minimum atomic E-state index is -0.161. The summed E-state index contributed by atoms with van der Waals surface area (Å²) in [5, 5.41) is 3.43. The van der Waals surface area contributed by atoms with Gasteiger partial charge in [-0.15, -0.1) is 0 Å². The van der Waals surface area contributed by atoms with Crippen molar-refractivity contribution in [3.05, 3.63) is 65.0 Å². The summed E-state index contributed by atoms with van der Waals surface area (Å²) in [6, 6.07) is 13.3. The van der Waals surface area contributed by atoms with Crippen LogP contribution in [0.2, 0.25) is 0 Å². The van der Waals surface area contributed by atoms with E-state index in [9.17, 15) is 4.39 Å². The van der Waals surface area contributed by atoms with Gasteiger partial charge in [-0.3, -0.25) is 0 Å². The van der Waals surface area contributed by atoms with Crippen LogP contribution in [0, 0.1) is 12.7 Å². The molecule has 0 unspecified atom stereocenters. The van der Waals surface area contributed by atoms with Gasteiger partial charge in [0.25, 0.3) is 0 Å². The standard InChI is InChI=1S/C17H20FNO/c1-12-10-14(8-9-16(12)18)11-19-13(2)15-6-4-5-7-17(15)20-3/h4-10,13,19H,11H2,1-3H3/t13-/m0/s1. The monoisotopic (exact) mass is 273 g/mol. The molecule has 3 heteroatoms. The van der Waals surface area contributed by atoms with Crippen molar-refractivity contribution in [3.8, 4) is 5.75 Å². The van der Waals surface area contributed by atoms with Crippen molar-refractivity contribution in [1.29, 1.82) is 0 Å². The van der Waals surface area contributed by atoms with Crippen LogP contribution in [0.25, 0.3) is 0 Å². The quantitative estimate of drug-likeness (QED) is 0.889. The van der Waals surface area contributed by atoms with E-state index in [0.717, 1.165) is 16.9 Å². The van der Waals surface area contributed by atoms with E-state index in [1.807, 2.05) is 36.4 Å². The van der Waals surface area contributed by atoms with Crippen molar-refractivity contribution < 1.29 is 9.13 Å². The first kappa shape index (κ1) is 14.5. The summed E-state index contributed by atoms with van der Waals surface area (Å²) in [4.78, 5) is 0. The van der Waals surface area contributed by atoms with Crippen LogP contribution in [0.1, 0.15) is 29.7 Å². The minimum absolute atomic E-state index is 0.161. The van der Waals surface area contributed by atoms with E-state index in [4.69, 9.17) is 4.74 Å². The number of ether oxygens (including phenoxy) is 1. The van der Waals surface area contributed by atoms with Gasteiger partial charge in [-0.25, -0.2) is 4.39 Å². The fraction of sp³-hybridized carbons (Fsp3) is 0.294. The molecule has 0 amide bonds. The Morgan fingerprint density at radius 2 is 1.95 bits per heavy atom. The fourth-order valence-electron chi connectivity index (χ4n) is 2.22. The van der Waals surface area contributed by atoms with Crippen molar-refractivity contribution >= 4 is 0 Å². The molecule has 20 heavy (non-hydrogen) atoms. The molecule has 2 aromatic rings. The lowest BCUT2D eigenvalue weighted by Crippen LogP contribution is -2.18. The maximum atomic E-state index is 13.2. The van der Waals surface area contributed by atoms with Crippen LogP contribution in [-0.2, 0) is 6.54 Å². The number of para-hydroxylation sites is 1. The Hall–Kier alpha value is -1.87. The van der Waals surface area contributed by atoms with E-state index in [1.165, 1.54) is 6.07 Å². The number of benzene rings is 2. The van der Waals surface area contributed by atoms with E-state index >= 15 is 0 Å². The highest BCUT2D eigenvalue weighted by molar-refractivity contribution is 5.35. The third kappa shape index (κ3) is 3.36. The maximum absolute atomic E-state index is 13.2. The van der Waals surface area contributed by atoms with Gasteiger partial charge >= 0.3 is 0 Å². The second kappa shape index (κ2) is 6.53. The molecule has 0 fully saturated rings. The zero-order valence-corrected chi connectivity index (χ0v) is 12.1. The summed E-state index contributed by atoms with van der Waals surface area (Å²) in [7, 11) is 1.68. The largest absolute Gasteiger partial charge is 0.496 e. The molecule has 0 heterocycles. The van der Waals surface area contributed by atoms with Gasteiger partial charge < -0.3 is 10.1 Å². The zero-order valence-electron chi connectivity index (χ0n) is 12.1. The van der Waals surface area contributed by atoms with Gasteiger partial charge in [-0.1, -0.05) is 30.3 Å². The van der Waals surface area contributed by atoms with Gasteiger partial charge in [0.1, 0.15) is 11.6 Å². The molecule has 0 saturated carbocycles. The van der Waals surface area contributed by atoms with Gasteiger partial charge in [0.15, 0.2) is 0 Å². The molecule has 0 bridgehead atoms. The highest BCUT2D eigenvalue weighted by Crippen LogP contribution is 2.24. The van der Waals surface area contributed by atoms with E-state index in [1.54, 1.807) is 14.0 Å². The first-order valence-corrected chi connectivity index (χ1v) is 6.73. The summed E-state index contributed by atoms with van der Waals surface area (Å²) in [5.74, 6) is 0.717. The average Bonchev–Trinajstić information content (AvgIpc) is 2.48. The minimum Gasteiger partial charge on any atom is -0.496 e. The number of halogens is 1. The molecule has 0 aliphatic carbocycles. The number of hydrogen-bond donors (Lipinski definition) is 1. The van der Waals surface area contributed by atoms with Crippen LogP contribution in [0.15, 0.2) is 42.5 Å². The molecular formula is C17H20FNO. The second-order valence-corrected chi connectivity index (χ2v) is 4.93. The number of aryl methyl sites for hydroxylation is 1.